The minimum atomic E-state index is 1.14. The molecule has 1 rings (SSSR count). The van der Waals surface area contributed by atoms with E-state index < -0.39 is 0 Å². The van der Waals surface area contributed by atoms with Gasteiger partial charge in [-0.2, -0.15) is 0 Å². The highest BCUT2D eigenvalue weighted by molar-refractivity contribution is 5.12. The molecule has 1 aliphatic rings. The van der Waals surface area contributed by atoms with E-state index in [0.717, 1.165) is 6.54 Å². The molecule has 1 aliphatic heterocycles. The lowest BCUT2D eigenvalue weighted by molar-refractivity contribution is -0.361. The second-order valence-electron chi connectivity index (χ2n) is 1.29. The standard InChI is InChI=1S/C4H7N.CH3NO/c1-2-4-5-3-1;1-2-3/h1,3,5H,2,4H2;2H,1H2. The van der Waals surface area contributed by atoms with Crippen LogP contribution in [-0.2, 0) is 0 Å². The number of hydrogen-bond acceptors (Lipinski definition) is 2. The van der Waals surface area contributed by atoms with Gasteiger partial charge >= 0.3 is 0 Å². The van der Waals surface area contributed by atoms with Gasteiger partial charge in [0.2, 0.25) is 0 Å². The van der Waals surface area contributed by atoms with E-state index in [1.807, 2.05) is 6.20 Å². The summed E-state index contributed by atoms with van der Waals surface area (Å²) >= 11 is 0. The third kappa shape index (κ3) is 5.01. The Labute approximate surface area is 48.7 Å². The molecule has 0 spiro atoms. The van der Waals surface area contributed by atoms with Crippen LogP contribution in [0.3, 0.4) is 0 Å². The van der Waals surface area contributed by atoms with Crippen LogP contribution in [0, 0.1) is 5.21 Å². The Hall–Kier alpha value is -0.990. The lowest BCUT2D eigenvalue weighted by Crippen LogP contribution is -2.56. The number of nitrogens with one attached hydrogen (secondary N) is 2. The predicted octanol–water partition coefficient (Wildman–Crippen LogP) is -1.24. The van der Waals surface area contributed by atoms with Crippen molar-refractivity contribution in [3.63, 3.8) is 0 Å². The molecule has 0 bridgehead atoms. The highest BCUT2D eigenvalue weighted by Gasteiger charge is 1.81. The lowest BCUT2D eigenvalue weighted by Gasteiger charge is -1.78. The van der Waals surface area contributed by atoms with Crippen molar-refractivity contribution in [2.45, 2.75) is 6.42 Å². The maximum atomic E-state index is 8.57. The van der Waals surface area contributed by atoms with Crippen LogP contribution in [0.25, 0.3) is 0 Å². The second-order valence-corrected chi connectivity index (χ2v) is 1.29. The molecule has 0 saturated heterocycles. The summed E-state index contributed by atoms with van der Waals surface area (Å²) in [7, 11) is 0. The Morgan fingerprint density at radius 3 is 2.50 bits per heavy atom. The molecule has 0 aromatic heterocycles. The van der Waals surface area contributed by atoms with E-state index in [4.69, 9.17) is 5.21 Å². The van der Waals surface area contributed by atoms with Gasteiger partial charge < -0.3 is 10.5 Å². The third-order valence-electron chi connectivity index (χ3n) is 0.691. The Morgan fingerprint density at radius 2 is 2.38 bits per heavy atom. The molecule has 0 aliphatic carbocycles. The highest BCUT2D eigenvalue weighted by atomic mass is 16.4. The van der Waals surface area contributed by atoms with Crippen molar-refractivity contribution in [2.75, 3.05) is 6.54 Å². The highest BCUT2D eigenvalue weighted by Crippen LogP contribution is 1.84. The summed E-state index contributed by atoms with van der Waals surface area (Å²) in [5, 5.41) is 12.9. The first-order chi connectivity index (χ1) is 3.91. The lowest BCUT2D eigenvalue weighted by atomic mass is 10.5. The minimum Gasteiger partial charge on any atom is -0.626 e. The molecule has 0 radical (unpaired) electrons. The van der Waals surface area contributed by atoms with Crippen molar-refractivity contribution in [2.24, 2.45) is 0 Å². The summed E-state index contributed by atoms with van der Waals surface area (Å²) < 4.78 is 0. The third-order valence-corrected chi connectivity index (χ3v) is 0.691. The van der Waals surface area contributed by atoms with Gasteiger partial charge in [-0.25, -0.2) is 5.16 Å². The van der Waals surface area contributed by atoms with Crippen LogP contribution in [0.15, 0.2) is 12.3 Å². The van der Waals surface area contributed by atoms with Crippen LogP contribution in [0.2, 0.25) is 0 Å². The monoisotopic (exact) mass is 114 g/mol. The summed E-state index contributed by atoms with van der Waals surface area (Å²) in [6.45, 7) is 3.82. The Morgan fingerprint density at radius 1 is 1.75 bits per heavy atom. The maximum absolute atomic E-state index is 8.57. The van der Waals surface area contributed by atoms with Crippen LogP contribution < -0.4 is 10.5 Å². The molecule has 0 unspecified atom stereocenters. The molecule has 46 valence electrons. The summed E-state index contributed by atoms with van der Waals surface area (Å²) in [5.41, 5.74) is 0. The first kappa shape index (κ1) is 7.01. The molecule has 1 heterocycles. The predicted molar refractivity (Wildman–Crippen MR) is 33.2 cm³/mol. The van der Waals surface area contributed by atoms with Crippen molar-refractivity contribution in [3.05, 3.63) is 17.5 Å². The van der Waals surface area contributed by atoms with Crippen molar-refractivity contribution < 1.29 is 5.16 Å². The zero-order chi connectivity index (χ0) is 6.24. The van der Waals surface area contributed by atoms with Crippen molar-refractivity contribution in [1.82, 2.24) is 5.32 Å². The molecule has 0 fully saturated rings. The van der Waals surface area contributed by atoms with Gasteiger partial charge in [0.05, 0.1) is 0 Å². The first-order valence-corrected chi connectivity index (χ1v) is 2.44. The largest absolute Gasteiger partial charge is 0.626 e. The Kier molecular flexibility index (Phi) is 5.27. The molecular formula is C5H10N2O. The summed E-state index contributed by atoms with van der Waals surface area (Å²) in [6.07, 6.45) is 5.32. The molecule has 3 nitrogen and oxygen atoms in total. The van der Waals surface area contributed by atoms with Gasteiger partial charge in [0.1, 0.15) is 6.72 Å². The Bertz CT molecular complexity index is 74.5. The molecule has 0 aromatic carbocycles. The number of rotatable bonds is 0. The van der Waals surface area contributed by atoms with Crippen molar-refractivity contribution in [1.29, 1.82) is 0 Å². The van der Waals surface area contributed by atoms with Crippen LogP contribution in [-0.4, -0.2) is 13.3 Å². The van der Waals surface area contributed by atoms with E-state index in [1.54, 1.807) is 0 Å². The summed E-state index contributed by atoms with van der Waals surface area (Å²) in [5.74, 6) is 0. The molecule has 0 saturated carbocycles. The fourth-order valence-corrected chi connectivity index (χ4v) is 0.417. The topological polar surface area (TPSA) is 49.1 Å². The molecular weight excluding hydrogens is 104 g/mol. The average molecular weight is 114 g/mol. The van der Waals surface area contributed by atoms with E-state index >= 15 is 0 Å². The van der Waals surface area contributed by atoms with Gasteiger partial charge in [-0.1, -0.05) is 6.08 Å². The fourth-order valence-electron chi connectivity index (χ4n) is 0.417. The van der Waals surface area contributed by atoms with Crippen LogP contribution in [0.4, 0.5) is 0 Å². The van der Waals surface area contributed by atoms with Gasteiger partial charge in [-0.15, -0.1) is 0 Å². The first-order valence-electron chi connectivity index (χ1n) is 2.44. The fraction of sp³-hybridized carbons (Fsp3) is 0.400. The zero-order valence-corrected chi connectivity index (χ0v) is 4.68. The second kappa shape index (κ2) is 6.01. The quantitative estimate of drug-likeness (QED) is 0.235. The molecule has 3 heteroatoms. The normalized spacial score (nSPS) is 13.5. The molecule has 0 atom stereocenters. The molecule has 2 N–H and O–H groups in total. The smallest absolute Gasteiger partial charge is 0.136 e. The van der Waals surface area contributed by atoms with Crippen LogP contribution in [0.1, 0.15) is 6.42 Å². The molecule has 0 amide bonds. The minimum absolute atomic E-state index is 1.14. The zero-order valence-electron chi connectivity index (χ0n) is 4.68. The maximum Gasteiger partial charge on any atom is 0.136 e. The van der Waals surface area contributed by atoms with Crippen molar-refractivity contribution >= 4 is 6.72 Å². The van der Waals surface area contributed by atoms with Gasteiger partial charge in [-0.3, -0.25) is 0 Å². The summed E-state index contributed by atoms with van der Waals surface area (Å²) in [4.78, 5) is 0. The van der Waals surface area contributed by atoms with Gasteiger partial charge in [0.25, 0.3) is 0 Å². The number of hydrogen-bond donors (Lipinski definition) is 2. The SMILES string of the molecule is C1=CNCC1.C=[NH+][O-]. The average Bonchev–Trinajstić information content (AvgIpc) is 2.17. The van der Waals surface area contributed by atoms with Crippen molar-refractivity contribution in [3.8, 4) is 0 Å². The van der Waals surface area contributed by atoms with E-state index in [-0.39, 0.29) is 0 Å². The van der Waals surface area contributed by atoms with E-state index in [1.165, 1.54) is 11.6 Å². The van der Waals surface area contributed by atoms with Gasteiger partial charge in [0.15, 0.2) is 0 Å². The van der Waals surface area contributed by atoms with Gasteiger partial charge in [0, 0.05) is 6.54 Å². The van der Waals surface area contributed by atoms with Crippen LogP contribution >= 0.6 is 0 Å². The summed E-state index contributed by atoms with van der Waals surface area (Å²) in [6, 6.07) is 0. The van der Waals surface area contributed by atoms with E-state index in [9.17, 15) is 0 Å². The molecule has 0 aromatic rings. The Balaban J connectivity index is 0.000000145. The van der Waals surface area contributed by atoms with E-state index in [0.29, 0.717) is 0 Å². The van der Waals surface area contributed by atoms with Gasteiger partial charge in [-0.05, 0) is 12.6 Å². The molecule has 8 heavy (non-hydrogen) atoms. The van der Waals surface area contributed by atoms with Crippen LogP contribution in [0.5, 0.6) is 0 Å². The van der Waals surface area contributed by atoms with E-state index in [2.05, 4.69) is 18.1 Å².